The van der Waals surface area contributed by atoms with Gasteiger partial charge in [0.25, 0.3) is 0 Å². The number of ether oxygens (including phenoxy) is 1. The summed E-state index contributed by atoms with van der Waals surface area (Å²) in [6.45, 7) is 9.82. The lowest BCUT2D eigenvalue weighted by Crippen LogP contribution is -2.33. The first-order valence-corrected chi connectivity index (χ1v) is 6.25. The molecule has 0 bridgehead atoms. The number of alkyl halides is 1. The quantitative estimate of drug-likeness (QED) is 0.758. The Balaban J connectivity index is 3.62. The number of halogens is 1. The summed E-state index contributed by atoms with van der Waals surface area (Å²) >= 11 is 3.55. The van der Waals surface area contributed by atoms with Gasteiger partial charge in [-0.1, -0.05) is 36.7 Å². The molecule has 0 spiro atoms. The lowest BCUT2D eigenvalue weighted by molar-refractivity contribution is -0.125. The molecule has 0 aromatic carbocycles. The summed E-state index contributed by atoms with van der Waals surface area (Å²) in [6, 6.07) is 0. The van der Waals surface area contributed by atoms with Crippen molar-refractivity contribution in [2.45, 2.75) is 38.9 Å². The molecule has 0 rings (SSSR count). The van der Waals surface area contributed by atoms with Crippen LogP contribution in [-0.2, 0) is 9.53 Å². The number of rotatable bonds is 6. The summed E-state index contributed by atoms with van der Waals surface area (Å²) in [5, 5.41) is 2.83. The highest BCUT2D eigenvalue weighted by Gasteiger charge is 2.16. The molecule has 0 aromatic heterocycles. The van der Waals surface area contributed by atoms with E-state index in [1.54, 1.807) is 0 Å². The Hall–Kier alpha value is -0.0900. The maximum absolute atomic E-state index is 11.2. The van der Waals surface area contributed by atoms with Gasteiger partial charge in [-0.05, 0) is 18.8 Å². The zero-order chi connectivity index (χ0) is 11.9. The third kappa shape index (κ3) is 10.2. The Labute approximate surface area is 101 Å². The third-order valence-corrected chi connectivity index (χ3v) is 2.44. The van der Waals surface area contributed by atoms with E-state index in [1.165, 1.54) is 0 Å². The van der Waals surface area contributed by atoms with Crippen molar-refractivity contribution in [3.63, 3.8) is 0 Å². The smallest absolute Gasteiger partial charge is 0.246 e. The lowest BCUT2D eigenvalue weighted by atomic mass is 9.90. The molecule has 1 amide bonds. The minimum Gasteiger partial charge on any atom is -0.372 e. The fraction of sp³-hybridized carbons (Fsp3) is 0.909. The minimum atomic E-state index is -0.0461. The number of amides is 1. The van der Waals surface area contributed by atoms with E-state index in [9.17, 15) is 4.79 Å². The van der Waals surface area contributed by atoms with Crippen molar-refractivity contribution in [1.82, 2.24) is 5.32 Å². The predicted octanol–water partition coefficient (Wildman–Crippen LogP) is 2.34. The van der Waals surface area contributed by atoms with Crippen LogP contribution in [0.3, 0.4) is 0 Å². The van der Waals surface area contributed by atoms with Gasteiger partial charge in [-0.3, -0.25) is 4.79 Å². The van der Waals surface area contributed by atoms with Crippen molar-refractivity contribution in [2.75, 3.05) is 19.8 Å². The van der Waals surface area contributed by atoms with Crippen molar-refractivity contribution >= 4 is 21.8 Å². The van der Waals surface area contributed by atoms with Crippen LogP contribution < -0.4 is 5.32 Å². The van der Waals surface area contributed by atoms with Gasteiger partial charge in [0, 0.05) is 18.0 Å². The van der Waals surface area contributed by atoms with Crippen molar-refractivity contribution in [3.8, 4) is 0 Å². The number of nitrogens with one attached hydrogen (secondary N) is 1. The molecule has 0 fully saturated rings. The van der Waals surface area contributed by atoms with Gasteiger partial charge >= 0.3 is 0 Å². The maximum Gasteiger partial charge on any atom is 0.246 e. The van der Waals surface area contributed by atoms with Crippen LogP contribution in [0.5, 0.6) is 0 Å². The average Bonchev–Trinajstić information content (AvgIpc) is 2.08. The Morgan fingerprint density at radius 3 is 2.53 bits per heavy atom. The molecule has 1 N–H and O–H groups in total. The van der Waals surface area contributed by atoms with Crippen molar-refractivity contribution in [2.24, 2.45) is 5.41 Å². The minimum absolute atomic E-state index is 0.0461. The van der Waals surface area contributed by atoms with Gasteiger partial charge in [0.2, 0.25) is 5.91 Å². The highest BCUT2D eigenvalue weighted by molar-refractivity contribution is 9.09. The van der Waals surface area contributed by atoms with Crippen LogP contribution in [0.2, 0.25) is 0 Å². The van der Waals surface area contributed by atoms with Gasteiger partial charge in [0.15, 0.2) is 0 Å². The normalized spacial score (nSPS) is 13.7. The zero-order valence-electron chi connectivity index (χ0n) is 10.1. The van der Waals surface area contributed by atoms with Gasteiger partial charge in [-0.25, -0.2) is 0 Å². The summed E-state index contributed by atoms with van der Waals surface area (Å²) < 4.78 is 5.00. The molecule has 1 atom stereocenters. The zero-order valence-corrected chi connectivity index (χ0v) is 11.7. The van der Waals surface area contributed by atoms with Crippen LogP contribution in [0.15, 0.2) is 0 Å². The molecule has 0 aromatic rings. The Morgan fingerprint density at radius 2 is 2.07 bits per heavy atom. The molecule has 15 heavy (non-hydrogen) atoms. The number of hydrogen-bond donors (Lipinski definition) is 1. The van der Waals surface area contributed by atoms with Gasteiger partial charge in [0.05, 0.1) is 0 Å². The van der Waals surface area contributed by atoms with Gasteiger partial charge in [-0.2, -0.15) is 0 Å². The largest absolute Gasteiger partial charge is 0.372 e. The molecule has 3 nitrogen and oxygen atoms in total. The summed E-state index contributed by atoms with van der Waals surface area (Å²) in [5.41, 5.74) is 0.277. The molecule has 0 aliphatic heterocycles. The lowest BCUT2D eigenvalue weighted by Gasteiger charge is -2.22. The summed E-state index contributed by atoms with van der Waals surface area (Å²) in [6.07, 6.45) is 1.03. The number of hydrogen-bond acceptors (Lipinski definition) is 2. The Bertz CT molecular complexity index is 190. The molecule has 0 radical (unpaired) electrons. The van der Waals surface area contributed by atoms with E-state index >= 15 is 0 Å². The highest BCUT2D eigenvalue weighted by atomic mass is 79.9. The maximum atomic E-state index is 11.2. The SMILES string of the molecule is CCOCC(=O)NCC(Br)CC(C)(C)C. The number of carbonyl (C=O) groups excluding carboxylic acids is 1. The second kappa shape index (κ2) is 7.23. The first-order chi connectivity index (χ1) is 6.85. The van der Waals surface area contributed by atoms with E-state index in [1.807, 2.05) is 6.92 Å². The predicted molar refractivity (Wildman–Crippen MR) is 66.3 cm³/mol. The molecular weight excluding hydrogens is 258 g/mol. The van der Waals surface area contributed by atoms with Crippen LogP contribution in [0.25, 0.3) is 0 Å². The highest BCUT2D eigenvalue weighted by Crippen LogP contribution is 2.23. The second-order valence-electron chi connectivity index (χ2n) is 4.80. The van der Waals surface area contributed by atoms with Crippen LogP contribution in [0.4, 0.5) is 0 Å². The van der Waals surface area contributed by atoms with Crippen LogP contribution in [0.1, 0.15) is 34.1 Å². The van der Waals surface area contributed by atoms with Crippen molar-refractivity contribution in [3.05, 3.63) is 0 Å². The summed E-state index contributed by atoms with van der Waals surface area (Å²) in [4.78, 5) is 11.5. The summed E-state index contributed by atoms with van der Waals surface area (Å²) in [7, 11) is 0. The fourth-order valence-corrected chi connectivity index (χ4v) is 2.34. The van der Waals surface area contributed by atoms with Gasteiger partial charge in [0.1, 0.15) is 6.61 Å². The van der Waals surface area contributed by atoms with E-state index in [4.69, 9.17) is 4.74 Å². The van der Waals surface area contributed by atoms with E-state index < -0.39 is 0 Å². The molecule has 0 aliphatic carbocycles. The monoisotopic (exact) mass is 279 g/mol. The van der Waals surface area contributed by atoms with E-state index in [0.717, 1.165) is 6.42 Å². The molecule has 0 aliphatic rings. The Kier molecular flexibility index (Phi) is 7.18. The second-order valence-corrected chi connectivity index (χ2v) is 6.10. The molecule has 0 saturated carbocycles. The van der Waals surface area contributed by atoms with Crippen LogP contribution in [-0.4, -0.2) is 30.5 Å². The molecule has 1 unspecified atom stereocenters. The molecule has 0 saturated heterocycles. The van der Waals surface area contributed by atoms with Gasteiger partial charge in [-0.15, -0.1) is 0 Å². The van der Waals surface area contributed by atoms with Crippen molar-refractivity contribution in [1.29, 1.82) is 0 Å². The van der Waals surface area contributed by atoms with Gasteiger partial charge < -0.3 is 10.1 Å². The first-order valence-electron chi connectivity index (χ1n) is 5.33. The first kappa shape index (κ1) is 14.9. The van der Waals surface area contributed by atoms with Crippen molar-refractivity contribution < 1.29 is 9.53 Å². The van der Waals surface area contributed by atoms with Crippen LogP contribution in [0, 0.1) is 5.41 Å². The topological polar surface area (TPSA) is 38.3 Å². The number of carbonyl (C=O) groups is 1. The molecule has 4 heteroatoms. The van der Waals surface area contributed by atoms with E-state index in [0.29, 0.717) is 18.0 Å². The fourth-order valence-electron chi connectivity index (χ4n) is 1.21. The van der Waals surface area contributed by atoms with E-state index in [-0.39, 0.29) is 17.9 Å². The Morgan fingerprint density at radius 1 is 1.47 bits per heavy atom. The summed E-state index contributed by atoms with van der Waals surface area (Å²) in [5.74, 6) is -0.0461. The third-order valence-electron chi connectivity index (χ3n) is 1.79. The molecular formula is C11H22BrNO2. The molecule has 90 valence electrons. The molecule has 0 heterocycles. The van der Waals surface area contributed by atoms with E-state index in [2.05, 4.69) is 42.0 Å². The van der Waals surface area contributed by atoms with Crippen LogP contribution >= 0.6 is 15.9 Å². The standard InChI is InChI=1S/C11H22BrNO2/c1-5-15-8-10(14)13-7-9(12)6-11(2,3)4/h9H,5-8H2,1-4H3,(H,13,14). The average molecular weight is 280 g/mol.